The second kappa shape index (κ2) is 8.94. The van der Waals surface area contributed by atoms with E-state index in [9.17, 15) is 4.79 Å². The molecule has 0 bridgehead atoms. The molecular weight excluding hydrogens is 342 g/mol. The summed E-state index contributed by atoms with van der Waals surface area (Å²) in [5, 5.41) is 2.87. The van der Waals surface area contributed by atoms with Crippen LogP contribution in [0.4, 0.5) is 5.95 Å². The largest absolute Gasteiger partial charge is 0.357 e. The average Bonchev–Trinajstić information content (AvgIpc) is 3.16. The highest BCUT2D eigenvalue weighted by atomic mass is 16.2. The molecule has 0 unspecified atom stereocenters. The molecule has 1 amide bonds. The van der Waals surface area contributed by atoms with Gasteiger partial charge in [0, 0.05) is 57.4 Å². The number of imidazole rings is 1. The van der Waals surface area contributed by atoms with Crippen molar-refractivity contribution >= 4 is 11.9 Å². The van der Waals surface area contributed by atoms with Crippen LogP contribution in [0.2, 0.25) is 0 Å². The van der Waals surface area contributed by atoms with Gasteiger partial charge in [-0.25, -0.2) is 15.0 Å². The minimum Gasteiger partial charge on any atom is -0.357 e. The van der Waals surface area contributed by atoms with Crippen molar-refractivity contribution in [3.05, 3.63) is 36.2 Å². The molecule has 1 N–H and O–H groups in total. The third-order valence-electron chi connectivity index (χ3n) is 4.95. The van der Waals surface area contributed by atoms with Crippen molar-refractivity contribution in [1.82, 2.24) is 29.3 Å². The number of likely N-dealkylation sites (tertiary alicyclic amines) is 1. The van der Waals surface area contributed by atoms with Crippen LogP contribution in [0.3, 0.4) is 0 Å². The summed E-state index contributed by atoms with van der Waals surface area (Å²) in [4.78, 5) is 29.9. The summed E-state index contributed by atoms with van der Waals surface area (Å²) in [5.41, 5.74) is 0.531. The Balaban J connectivity index is 1.65. The van der Waals surface area contributed by atoms with Crippen molar-refractivity contribution in [2.45, 2.75) is 31.7 Å². The van der Waals surface area contributed by atoms with Gasteiger partial charge in [-0.15, -0.1) is 0 Å². The van der Waals surface area contributed by atoms with Crippen LogP contribution in [-0.2, 0) is 6.54 Å². The average molecular weight is 371 g/mol. The predicted octanol–water partition coefficient (Wildman–Crippen LogP) is 1.69. The van der Waals surface area contributed by atoms with Crippen LogP contribution in [0.15, 0.2) is 24.8 Å². The summed E-state index contributed by atoms with van der Waals surface area (Å²) in [6, 6.07) is 0. The summed E-state index contributed by atoms with van der Waals surface area (Å²) < 4.78 is 2.24. The standard InChI is InChI=1S/C19H29N7O/c1-20-19-22-12-16(13-23-19)18(27)26-9-4-6-15(14-26)17-21-7-11-25(17)10-5-8-24(2)3/h7,11-13,15H,4-6,8-10,14H2,1-3H3,(H,20,22,23)/t15-/m1/s1. The zero-order valence-corrected chi connectivity index (χ0v) is 16.4. The molecule has 1 saturated heterocycles. The monoisotopic (exact) mass is 371 g/mol. The Morgan fingerprint density at radius 3 is 2.78 bits per heavy atom. The molecule has 27 heavy (non-hydrogen) atoms. The number of carbonyl (C=O) groups is 1. The lowest BCUT2D eigenvalue weighted by Crippen LogP contribution is -2.40. The van der Waals surface area contributed by atoms with Crippen molar-refractivity contribution < 1.29 is 4.79 Å². The molecule has 2 aromatic heterocycles. The van der Waals surface area contributed by atoms with E-state index in [1.807, 2.05) is 11.1 Å². The molecule has 0 radical (unpaired) electrons. The van der Waals surface area contributed by atoms with Crippen LogP contribution < -0.4 is 5.32 Å². The number of hydrogen-bond donors (Lipinski definition) is 1. The van der Waals surface area contributed by atoms with E-state index in [-0.39, 0.29) is 11.8 Å². The highest BCUT2D eigenvalue weighted by Crippen LogP contribution is 2.27. The van der Waals surface area contributed by atoms with Crippen LogP contribution >= 0.6 is 0 Å². The van der Waals surface area contributed by atoms with E-state index in [1.54, 1.807) is 19.4 Å². The number of anilines is 1. The molecule has 0 spiro atoms. The zero-order chi connectivity index (χ0) is 19.2. The molecule has 0 saturated carbocycles. The van der Waals surface area contributed by atoms with E-state index >= 15 is 0 Å². The SMILES string of the molecule is CNc1ncc(C(=O)N2CCC[C@@H](c3nccn3CCCN(C)C)C2)cn1. The van der Waals surface area contributed by atoms with Crippen LogP contribution in [-0.4, -0.2) is 76.0 Å². The summed E-state index contributed by atoms with van der Waals surface area (Å²) in [6.07, 6.45) is 10.2. The molecule has 1 aliphatic heterocycles. The second-order valence-electron chi connectivity index (χ2n) is 7.27. The molecule has 0 aromatic carbocycles. The Morgan fingerprint density at radius 2 is 2.07 bits per heavy atom. The number of aromatic nitrogens is 4. The predicted molar refractivity (Wildman–Crippen MR) is 105 cm³/mol. The van der Waals surface area contributed by atoms with Crippen molar-refractivity contribution in [3.63, 3.8) is 0 Å². The van der Waals surface area contributed by atoms with Crippen LogP contribution in [0.5, 0.6) is 0 Å². The van der Waals surface area contributed by atoms with Gasteiger partial charge in [0.15, 0.2) is 0 Å². The molecule has 1 atom stereocenters. The first-order valence-corrected chi connectivity index (χ1v) is 9.53. The number of amides is 1. The summed E-state index contributed by atoms with van der Waals surface area (Å²) in [5.74, 6) is 1.87. The van der Waals surface area contributed by atoms with Crippen LogP contribution in [0.25, 0.3) is 0 Å². The number of aryl methyl sites for hydroxylation is 1. The fourth-order valence-corrected chi connectivity index (χ4v) is 3.55. The maximum Gasteiger partial charge on any atom is 0.257 e. The van der Waals surface area contributed by atoms with E-state index in [0.717, 1.165) is 44.7 Å². The van der Waals surface area contributed by atoms with Gasteiger partial charge in [0.25, 0.3) is 5.91 Å². The Labute approximate surface area is 160 Å². The summed E-state index contributed by atoms with van der Waals surface area (Å²) in [6.45, 7) is 3.47. The minimum absolute atomic E-state index is 0.00642. The molecule has 0 aliphatic carbocycles. The van der Waals surface area contributed by atoms with Crippen LogP contribution in [0.1, 0.15) is 41.4 Å². The fraction of sp³-hybridized carbons (Fsp3) is 0.579. The maximum atomic E-state index is 12.8. The molecule has 3 rings (SSSR count). The third kappa shape index (κ3) is 4.82. The van der Waals surface area contributed by atoms with Crippen molar-refractivity contribution in [3.8, 4) is 0 Å². The van der Waals surface area contributed by atoms with Gasteiger partial charge in [-0.1, -0.05) is 0 Å². The molecule has 3 heterocycles. The van der Waals surface area contributed by atoms with Gasteiger partial charge >= 0.3 is 0 Å². The molecule has 2 aromatic rings. The Morgan fingerprint density at radius 1 is 1.30 bits per heavy atom. The van der Waals surface area contributed by atoms with Gasteiger partial charge in [0.1, 0.15) is 5.82 Å². The first-order valence-electron chi connectivity index (χ1n) is 9.53. The van der Waals surface area contributed by atoms with Crippen molar-refractivity contribution in [2.24, 2.45) is 0 Å². The van der Waals surface area contributed by atoms with Gasteiger partial charge < -0.3 is 19.7 Å². The molecule has 8 heteroatoms. The third-order valence-corrected chi connectivity index (χ3v) is 4.95. The molecule has 146 valence electrons. The van der Waals surface area contributed by atoms with Crippen molar-refractivity contribution in [1.29, 1.82) is 0 Å². The first kappa shape index (κ1) is 19.3. The number of hydrogen-bond acceptors (Lipinski definition) is 6. The lowest BCUT2D eigenvalue weighted by atomic mass is 9.96. The number of nitrogens with one attached hydrogen (secondary N) is 1. The lowest BCUT2D eigenvalue weighted by Gasteiger charge is -2.32. The van der Waals surface area contributed by atoms with Gasteiger partial charge in [0.2, 0.25) is 5.95 Å². The number of carbonyl (C=O) groups excluding carboxylic acids is 1. The Hall–Kier alpha value is -2.48. The van der Waals surface area contributed by atoms with Gasteiger partial charge in [-0.3, -0.25) is 4.79 Å². The van der Waals surface area contributed by atoms with E-state index in [0.29, 0.717) is 18.1 Å². The van der Waals surface area contributed by atoms with Gasteiger partial charge in [0.05, 0.1) is 5.56 Å². The zero-order valence-electron chi connectivity index (χ0n) is 16.4. The number of nitrogens with zero attached hydrogens (tertiary/aromatic N) is 6. The van der Waals surface area contributed by atoms with E-state index in [4.69, 9.17) is 0 Å². The van der Waals surface area contributed by atoms with Gasteiger partial charge in [-0.2, -0.15) is 0 Å². The molecule has 1 fully saturated rings. The summed E-state index contributed by atoms with van der Waals surface area (Å²) in [7, 11) is 5.94. The van der Waals surface area contributed by atoms with E-state index in [1.165, 1.54) is 0 Å². The van der Waals surface area contributed by atoms with Crippen molar-refractivity contribution in [2.75, 3.05) is 46.1 Å². The quantitative estimate of drug-likeness (QED) is 0.798. The minimum atomic E-state index is -0.00642. The Kier molecular flexibility index (Phi) is 6.39. The fourth-order valence-electron chi connectivity index (χ4n) is 3.55. The maximum absolute atomic E-state index is 12.8. The highest BCUT2D eigenvalue weighted by Gasteiger charge is 2.28. The smallest absolute Gasteiger partial charge is 0.257 e. The molecule has 8 nitrogen and oxygen atoms in total. The van der Waals surface area contributed by atoms with Gasteiger partial charge in [-0.05, 0) is 39.9 Å². The van der Waals surface area contributed by atoms with Crippen LogP contribution in [0, 0.1) is 0 Å². The van der Waals surface area contributed by atoms with E-state index in [2.05, 4.69) is 50.0 Å². The van der Waals surface area contributed by atoms with E-state index < -0.39 is 0 Å². The Bertz CT molecular complexity index is 741. The molecule has 1 aliphatic rings. The number of rotatable bonds is 7. The second-order valence-corrected chi connectivity index (χ2v) is 7.27. The normalized spacial score (nSPS) is 17.3. The topological polar surface area (TPSA) is 79.2 Å². The molecular formula is C19H29N7O. The number of piperidine rings is 1. The summed E-state index contributed by atoms with van der Waals surface area (Å²) >= 11 is 0. The highest BCUT2D eigenvalue weighted by molar-refractivity contribution is 5.93. The lowest BCUT2D eigenvalue weighted by molar-refractivity contribution is 0.0702. The first-order chi connectivity index (χ1) is 13.1.